The molecule has 0 saturated carbocycles. The summed E-state index contributed by atoms with van der Waals surface area (Å²) < 4.78 is 14.7. The lowest BCUT2D eigenvalue weighted by Crippen LogP contribution is -2.19. The van der Waals surface area contributed by atoms with Crippen molar-refractivity contribution < 1.29 is 9.18 Å². The first-order valence-corrected chi connectivity index (χ1v) is 6.29. The van der Waals surface area contributed by atoms with Crippen molar-refractivity contribution in [3.8, 4) is 0 Å². The van der Waals surface area contributed by atoms with E-state index in [0.29, 0.717) is 23.4 Å². The summed E-state index contributed by atoms with van der Waals surface area (Å²) >= 11 is 0. The molecule has 20 heavy (non-hydrogen) atoms. The zero-order valence-corrected chi connectivity index (χ0v) is 11.3. The van der Waals surface area contributed by atoms with Crippen LogP contribution in [0.2, 0.25) is 0 Å². The first-order chi connectivity index (χ1) is 9.51. The van der Waals surface area contributed by atoms with Crippen LogP contribution in [-0.4, -0.2) is 10.5 Å². The summed E-state index contributed by atoms with van der Waals surface area (Å²) in [6, 6.07) is 7.11. The van der Waals surface area contributed by atoms with E-state index in [1.54, 1.807) is 19.2 Å². The molecule has 1 aromatic carbocycles. The van der Waals surface area contributed by atoms with Gasteiger partial charge >= 0.3 is 0 Å². The van der Waals surface area contributed by atoms with Gasteiger partial charge in [-0.05, 0) is 43.7 Å². The molecule has 1 amide bonds. The molecule has 0 unspecified atom stereocenters. The van der Waals surface area contributed by atoms with Crippen molar-refractivity contribution in [3.05, 3.63) is 63.8 Å². The Morgan fingerprint density at radius 1 is 1.30 bits per heavy atom. The number of rotatable bonds is 3. The number of nitrogens with one attached hydrogen (secondary N) is 1. The molecule has 0 aliphatic rings. The van der Waals surface area contributed by atoms with Gasteiger partial charge in [-0.15, -0.1) is 0 Å². The third-order valence-electron chi connectivity index (χ3n) is 3.00. The number of benzene rings is 1. The van der Waals surface area contributed by atoms with Crippen LogP contribution in [0.4, 0.5) is 10.1 Å². The van der Waals surface area contributed by atoms with E-state index < -0.39 is 0 Å². The van der Waals surface area contributed by atoms with Crippen molar-refractivity contribution in [1.29, 1.82) is 0 Å². The number of anilines is 1. The first kappa shape index (κ1) is 14.0. The number of pyridine rings is 1. The summed E-state index contributed by atoms with van der Waals surface area (Å²) in [5.41, 5.74) is 1.19. The Balaban J connectivity index is 2.23. The molecule has 5 heteroatoms. The van der Waals surface area contributed by atoms with Gasteiger partial charge < -0.3 is 9.88 Å². The van der Waals surface area contributed by atoms with Gasteiger partial charge in [-0.25, -0.2) is 4.39 Å². The maximum atomic E-state index is 13.2. The van der Waals surface area contributed by atoms with E-state index in [9.17, 15) is 14.0 Å². The second-order valence-corrected chi connectivity index (χ2v) is 4.46. The zero-order chi connectivity index (χ0) is 14.7. The lowest BCUT2D eigenvalue weighted by molar-refractivity contribution is 0.102. The van der Waals surface area contributed by atoms with Gasteiger partial charge in [0.15, 0.2) is 0 Å². The standard InChI is InChI=1S/C15H15FN2O2/c1-3-18-9-12(5-7-14(18)19)17-15(20)11-4-6-13(16)10(2)8-11/h4-9H,3H2,1-2H3,(H,17,20). The van der Waals surface area contributed by atoms with Crippen LogP contribution in [0, 0.1) is 12.7 Å². The molecule has 0 atom stereocenters. The minimum Gasteiger partial charge on any atom is -0.321 e. The van der Waals surface area contributed by atoms with Crippen molar-refractivity contribution >= 4 is 11.6 Å². The van der Waals surface area contributed by atoms with Crippen molar-refractivity contribution in [2.45, 2.75) is 20.4 Å². The maximum Gasteiger partial charge on any atom is 0.255 e. The van der Waals surface area contributed by atoms with Crippen LogP contribution >= 0.6 is 0 Å². The lowest BCUT2D eigenvalue weighted by atomic mass is 10.1. The fourth-order valence-electron chi connectivity index (χ4n) is 1.84. The van der Waals surface area contributed by atoms with E-state index in [-0.39, 0.29) is 17.3 Å². The smallest absolute Gasteiger partial charge is 0.255 e. The van der Waals surface area contributed by atoms with E-state index in [0.717, 1.165) is 0 Å². The molecule has 0 spiro atoms. The molecule has 0 fully saturated rings. The average molecular weight is 274 g/mol. The zero-order valence-electron chi connectivity index (χ0n) is 11.3. The molecule has 0 aliphatic heterocycles. The molecular formula is C15H15FN2O2. The van der Waals surface area contributed by atoms with Gasteiger partial charge in [0.2, 0.25) is 0 Å². The van der Waals surface area contributed by atoms with E-state index in [1.807, 2.05) is 6.92 Å². The fourth-order valence-corrected chi connectivity index (χ4v) is 1.84. The number of amides is 1. The van der Waals surface area contributed by atoms with E-state index in [2.05, 4.69) is 5.32 Å². The normalized spacial score (nSPS) is 10.3. The quantitative estimate of drug-likeness (QED) is 0.935. The molecule has 2 rings (SSSR count). The summed E-state index contributed by atoms with van der Waals surface area (Å²) in [7, 11) is 0. The summed E-state index contributed by atoms with van der Waals surface area (Å²) in [6.45, 7) is 3.97. The molecule has 1 aromatic heterocycles. The second kappa shape index (κ2) is 5.69. The Bertz CT molecular complexity index is 707. The molecule has 0 aliphatic carbocycles. The summed E-state index contributed by atoms with van der Waals surface area (Å²) in [4.78, 5) is 23.5. The molecule has 0 saturated heterocycles. The van der Waals surface area contributed by atoms with Crippen LogP contribution < -0.4 is 10.9 Å². The van der Waals surface area contributed by atoms with Crippen molar-refractivity contribution in [2.24, 2.45) is 0 Å². The van der Waals surface area contributed by atoms with Crippen molar-refractivity contribution in [2.75, 3.05) is 5.32 Å². The molecular weight excluding hydrogens is 259 g/mol. The molecule has 0 bridgehead atoms. The largest absolute Gasteiger partial charge is 0.321 e. The van der Waals surface area contributed by atoms with Gasteiger partial charge in [0.25, 0.3) is 11.5 Å². The van der Waals surface area contributed by atoms with Gasteiger partial charge in [-0.1, -0.05) is 0 Å². The molecule has 2 aromatic rings. The molecule has 1 N–H and O–H groups in total. The topological polar surface area (TPSA) is 51.1 Å². The number of halogens is 1. The highest BCUT2D eigenvalue weighted by molar-refractivity contribution is 6.04. The number of hydrogen-bond acceptors (Lipinski definition) is 2. The highest BCUT2D eigenvalue weighted by Crippen LogP contribution is 2.12. The van der Waals surface area contributed by atoms with E-state index >= 15 is 0 Å². The summed E-state index contributed by atoms with van der Waals surface area (Å²) in [6.07, 6.45) is 1.58. The van der Waals surface area contributed by atoms with Gasteiger partial charge in [0, 0.05) is 24.4 Å². The summed E-state index contributed by atoms with van der Waals surface area (Å²) in [5, 5.41) is 2.69. The third-order valence-corrected chi connectivity index (χ3v) is 3.00. The molecule has 0 radical (unpaired) electrons. The van der Waals surface area contributed by atoms with Gasteiger partial charge in [-0.3, -0.25) is 9.59 Å². The van der Waals surface area contributed by atoms with Gasteiger partial charge in [0.1, 0.15) is 5.82 Å². The first-order valence-electron chi connectivity index (χ1n) is 6.29. The van der Waals surface area contributed by atoms with Crippen LogP contribution in [0.15, 0.2) is 41.3 Å². The SMILES string of the molecule is CCn1cc(NC(=O)c2ccc(F)c(C)c2)ccc1=O. The number of aryl methyl sites for hydroxylation is 2. The van der Waals surface area contributed by atoms with E-state index in [4.69, 9.17) is 0 Å². The number of hydrogen-bond donors (Lipinski definition) is 1. The van der Waals surface area contributed by atoms with Crippen LogP contribution in [0.5, 0.6) is 0 Å². The van der Waals surface area contributed by atoms with Crippen molar-refractivity contribution in [3.63, 3.8) is 0 Å². The van der Waals surface area contributed by atoms with Crippen LogP contribution in [-0.2, 0) is 6.54 Å². The van der Waals surface area contributed by atoms with Gasteiger partial charge in [-0.2, -0.15) is 0 Å². The monoisotopic (exact) mass is 274 g/mol. The van der Waals surface area contributed by atoms with Crippen LogP contribution in [0.1, 0.15) is 22.8 Å². The van der Waals surface area contributed by atoms with E-state index in [1.165, 1.54) is 28.8 Å². The highest BCUT2D eigenvalue weighted by Gasteiger charge is 2.08. The average Bonchev–Trinajstić information content (AvgIpc) is 2.43. The molecule has 104 valence electrons. The Kier molecular flexibility index (Phi) is 3.98. The predicted molar refractivity (Wildman–Crippen MR) is 75.5 cm³/mol. The lowest BCUT2D eigenvalue weighted by Gasteiger charge is -2.08. The van der Waals surface area contributed by atoms with Crippen LogP contribution in [0.3, 0.4) is 0 Å². The minimum atomic E-state index is -0.346. The number of nitrogens with zero attached hydrogens (tertiary/aromatic N) is 1. The molecule has 1 heterocycles. The third kappa shape index (κ3) is 2.93. The highest BCUT2D eigenvalue weighted by atomic mass is 19.1. The Hall–Kier alpha value is -2.43. The number of aromatic nitrogens is 1. The second-order valence-electron chi connectivity index (χ2n) is 4.46. The Labute approximate surface area is 115 Å². The number of carbonyl (C=O) groups is 1. The summed E-state index contributed by atoms with van der Waals surface area (Å²) in [5.74, 6) is -0.685. The van der Waals surface area contributed by atoms with Gasteiger partial charge in [0.05, 0.1) is 5.69 Å². The maximum absolute atomic E-state index is 13.2. The minimum absolute atomic E-state index is 0.122. The fraction of sp³-hybridized carbons (Fsp3) is 0.200. The molecule has 4 nitrogen and oxygen atoms in total. The Morgan fingerprint density at radius 2 is 2.05 bits per heavy atom. The van der Waals surface area contributed by atoms with Crippen molar-refractivity contribution in [1.82, 2.24) is 4.57 Å². The van der Waals surface area contributed by atoms with Crippen LogP contribution in [0.25, 0.3) is 0 Å². The number of carbonyl (C=O) groups excluding carboxylic acids is 1. The Morgan fingerprint density at radius 3 is 2.70 bits per heavy atom. The predicted octanol–water partition coefficient (Wildman–Crippen LogP) is 2.57.